The summed E-state index contributed by atoms with van der Waals surface area (Å²) in [5, 5.41) is 4.05. The molecule has 0 spiro atoms. The highest BCUT2D eigenvalue weighted by Gasteiger charge is 2.23. The Morgan fingerprint density at radius 2 is 2.17 bits per heavy atom. The number of carbonyl (C=O) groups excluding carboxylic acids is 1. The molecule has 6 heteroatoms. The quantitative estimate of drug-likeness (QED) is 0.779. The van der Waals surface area contributed by atoms with Crippen LogP contribution in [0.25, 0.3) is 0 Å². The molecule has 1 amide bonds. The Labute approximate surface area is 142 Å². The third-order valence-electron chi connectivity index (χ3n) is 4.33. The minimum absolute atomic E-state index is 0.137. The molecule has 0 saturated carbocycles. The normalized spacial score (nSPS) is 17.8. The molecule has 1 aromatic carbocycles. The number of aryl methyl sites for hydroxylation is 2. The van der Waals surface area contributed by atoms with Crippen LogP contribution in [0.5, 0.6) is 0 Å². The molecule has 1 atom stereocenters. The molecule has 128 valence electrons. The van der Waals surface area contributed by atoms with E-state index in [0.29, 0.717) is 26.1 Å². The van der Waals surface area contributed by atoms with E-state index >= 15 is 0 Å². The van der Waals surface area contributed by atoms with E-state index in [1.54, 1.807) is 11.0 Å². The van der Waals surface area contributed by atoms with Gasteiger partial charge in [0.15, 0.2) is 0 Å². The third-order valence-corrected chi connectivity index (χ3v) is 4.33. The number of hydrogen-bond acceptors (Lipinski definition) is 4. The zero-order valence-corrected chi connectivity index (χ0v) is 13.9. The van der Waals surface area contributed by atoms with Gasteiger partial charge in [-0.05, 0) is 24.8 Å². The summed E-state index contributed by atoms with van der Waals surface area (Å²) in [7, 11) is 0. The molecule has 0 bridgehead atoms. The van der Waals surface area contributed by atoms with E-state index in [0.717, 1.165) is 25.8 Å². The van der Waals surface area contributed by atoms with Crippen molar-refractivity contribution in [2.24, 2.45) is 0 Å². The Balaban J connectivity index is 1.40. The summed E-state index contributed by atoms with van der Waals surface area (Å²) >= 11 is 0. The van der Waals surface area contributed by atoms with Gasteiger partial charge in [-0.1, -0.05) is 30.3 Å². The van der Waals surface area contributed by atoms with Crippen LogP contribution in [0.3, 0.4) is 0 Å². The molecular formula is C18H24N4O2. The van der Waals surface area contributed by atoms with E-state index in [9.17, 15) is 4.79 Å². The van der Waals surface area contributed by atoms with E-state index < -0.39 is 0 Å². The third kappa shape index (κ3) is 4.89. The first kappa shape index (κ1) is 16.6. The van der Waals surface area contributed by atoms with Gasteiger partial charge >= 0.3 is 0 Å². The maximum Gasteiger partial charge on any atom is 0.222 e. The Bertz CT molecular complexity index is 615. The molecular weight excluding hydrogens is 304 g/mol. The highest BCUT2D eigenvalue weighted by molar-refractivity contribution is 5.76. The first-order chi connectivity index (χ1) is 11.8. The van der Waals surface area contributed by atoms with Crippen LogP contribution in [0.4, 0.5) is 0 Å². The van der Waals surface area contributed by atoms with E-state index in [1.807, 2.05) is 11.0 Å². The maximum absolute atomic E-state index is 12.4. The molecule has 1 fully saturated rings. The van der Waals surface area contributed by atoms with Crippen LogP contribution in [0.1, 0.15) is 24.8 Å². The summed E-state index contributed by atoms with van der Waals surface area (Å²) < 4.78 is 7.59. The molecule has 6 nitrogen and oxygen atoms in total. The fraction of sp³-hybridized carbons (Fsp3) is 0.500. The van der Waals surface area contributed by atoms with E-state index in [-0.39, 0.29) is 12.0 Å². The van der Waals surface area contributed by atoms with Crippen LogP contribution in [-0.4, -0.2) is 51.4 Å². The second-order valence-corrected chi connectivity index (χ2v) is 6.12. The molecule has 3 rings (SSSR count). The lowest BCUT2D eigenvalue weighted by Gasteiger charge is -2.33. The molecule has 2 aromatic rings. The molecule has 1 aromatic heterocycles. The van der Waals surface area contributed by atoms with E-state index in [1.165, 1.54) is 11.9 Å². The minimum atomic E-state index is 0.137. The summed E-state index contributed by atoms with van der Waals surface area (Å²) in [6.45, 7) is 2.76. The summed E-state index contributed by atoms with van der Waals surface area (Å²) in [5.74, 6) is 0.211. The zero-order chi connectivity index (χ0) is 16.6. The van der Waals surface area contributed by atoms with Gasteiger partial charge in [0.25, 0.3) is 0 Å². The lowest BCUT2D eigenvalue weighted by atomic mass is 10.1. The topological polar surface area (TPSA) is 60.2 Å². The van der Waals surface area contributed by atoms with Crippen LogP contribution in [0, 0.1) is 0 Å². The fourth-order valence-electron chi connectivity index (χ4n) is 2.99. The number of benzene rings is 1. The largest absolute Gasteiger partial charge is 0.375 e. The summed E-state index contributed by atoms with van der Waals surface area (Å²) in [4.78, 5) is 18.2. The highest BCUT2D eigenvalue weighted by Crippen LogP contribution is 2.14. The van der Waals surface area contributed by atoms with Gasteiger partial charge in [-0.25, -0.2) is 4.98 Å². The van der Waals surface area contributed by atoms with Crippen molar-refractivity contribution in [2.45, 2.75) is 38.3 Å². The SMILES string of the molecule is O=C(CCCn1cncn1)N1CCOC(CCc2ccccc2)C1. The number of ether oxygens (including phenoxy) is 1. The van der Waals surface area contributed by atoms with E-state index in [4.69, 9.17) is 4.74 Å². The lowest BCUT2D eigenvalue weighted by molar-refractivity contribution is -0.139. The van der Waals surface area contributed by atoms with Crippen LogP contribution in [-0.2, 0) is 22.5 Å². The molecule has 24 heavy (non-hydrogen) atoms. The molecule has 1 aliphatic heterocycles. The molecule has 0 radical (unpaired) electrons. The van der Waals surface area contributed by atoms with Crippen molar-refractivity contribution in [3.8, 4) is 0 Å². The molecule has 1 saturated heterocycles. The monoisotopic (exact) mass is 328 g/mol. The van der Waals surface area contributed by atoms with Crippen molar-refractivity contribution < 1.29 is 9.53 Å². The smallest absolute Gasteiger partial charge is 0.222 e. The number of nitrogens with zero attached hydrogens (tertiary/aromatic N) is 4. The predicted octanol–water partition coefficient (Wildman–Crippen LogP) is 1.92. The summed E-state index contributed by atoms with van der Waals surface area (Å²) in [6, 6.07) is 10.4. The van der Waals surface area contributed by atoms with Crippen LogP contribution in [0.2, 0.25) is 0 Å². The van der Waals surface area contributed by atoms with Gasteiger partial charge in [-0.15, -0.1) is 0 Å². The fourth-order valence-corrected chi connectivity index (χ4v) is 2.99. The van der Waals surface area contributed by atoms with Gasteiger partial charge < -0.3 is 9.64 Å². The average Bonchev–Trinajstić information content (AvgIpc) is 3.14. The van der Waals surface area contributed by atoms with Crippen LogP contribution >= 0.6 is 0 Å². The highest BCUT2D eigenvalue weighted by atomic mass is 16.5. The predicted molar refractivity (Wildman–Crippen MR) is 90.3 cm³/mol. The number of amides is 1. The van der Waals surface area contributed by atoms with Gasteiger partial charge in [0, 0.05) is 26.1 Å². The van der Waals surface area contributed by atoms with Crippen molar-refractivity contribution in [3.63, 3.8) is 0 Å². The number of morpholine rings is 1. The molecule has 1 aliphatic rings. The van der Waals surface area contributed by atoms with Gasteiger partial charge in [0.1, 0.15) is 12.7 Å². The first-order valence-electron chi connectivity index (χ1n) is 8.57. The standard InChI is InChI=1S/C18H24N4O2/c23-18(7-4-10-22-15-19-14-20-22)21-11-12-24-17(13-21)9-8-16-5-2-1-3-6-16/h1-3,5-6,14-15,17H,4,7-13H2. The Morgan fingerprint density at radius 3 is 2.96 bits per heavy atom. The molecule has 0 aliphatic carbocycles. The molecule has 2 heterocycles. The van der Waals surface area contributed by atoms with Gasteiger partial charge in [0.05, 0.1) is 12.7 Å². The molecule has 1 unspecified atom stereocenters. The number of hydrogen-bond donors (Lipinski definition) is 0. The van der Waals surface area contributed by atoms with Crippen molar-refractivity contribution in [2.75, 3.05) is 19.7 Å². The van der Waals surface area contributed by atoms with E-state index in [2.05, 4.69) is 34.3 Å². The van der Waals surface area contributed by atoms with Crippen molar-refractivity contribution in [1.82, 2.24) is 19.7 Å². The Kier molecular flexibility index (Phi) is 5.96. The second kappa shape index (κ2) is 8.59. The molecule has 0 N–H and O–H groups in total. The Hall–Kier alpha value is -2.21. The van der Waals surface area contributed by atoms with Gasteiger partial charge in [-0.2, -0.15) is 5.10 Å². The lowest BCUT2D eigenvalue weighted by Crippen LogP contribution is -2.45. The number of rotatable bonds is 7. The van der Waals surface area contributed by atoms with Crippen molar-refractivity contribution in [3.05, 3.63) is 48.5 Å². The maximum atomic E-state index is 12.4. The van der Waals surface area contributed by atoms with Crippen molar-refractivity contribution in [1.29, 1.82) is 0 Å². The Morgan fingerprint density at radius 1 is 1.29 bits per heavy atom. The van der Waals surface area contributed by atoms with Gasteiger partial charge in [-0.3, -0.25) is 9.48 Å². The van der Waals surface area contributed by atoms with Crippen molar-refractivity contribution >= 4 is 5.91 Å². The average molecular weight is 328 g/mol. The summed E-state index contributed by atoms with van der Waals surface area (Å²) in [5.41, 5.74) is 1.32. The first-order valence-corrected chi connectivity index (χ1v) is 8.57. The van der Waals surface area contributed by atoms with Crippen LogP contribution < -0.4 is 0 Å². The van der Waals surface area contributed by atoms with Crippen LogP contribution in [0.15, 0.2) is 43.0 Å². The van der Waals surface area contributed by atoms with Gasteiger partial charge in [0.2, 0.25) is 5.91 Å². The number of carbonyl (C=O) groups is 1. The minimum Gasteiger partial charge on any atom is -0.375 e. The second-order valence-electron chi connectivity index (χ2n) is 6.12. The summed E-state index contributed by atoms with van der Waals surface area (Å²) in [6.07, 6.45) is 6.60. The zero-order valence-electron chi connectivity index (χ0n) is 13.9. The number of aromatic nitrogens is 3.